The zero-order valence-electron chi connectivity index (χ0n) is 11.4. The average Bonchev–Trinajstić information content (AvgIpc) is 3.15. The predicted octanol–water partition coefficient (Wildman–Crippen LogP) is 1.47. The Hall–Kier alpha value is -1.81. The van der Waals surface area contributed by atoms with Crippen LogP contribution in [0.1, 0.15) is 24.1 Å². The molecule has 1 saturated carbocycles. The van der Waals surface area contributed by atoms with Crippen molar-refractivity contribution in [1.82, 2.24) is 9.13 Å². The van der Waals surface area contributed by atoms with Gasteiger partial charge in [0.1, 0.15) is 0 Å². The van der Waals surface area contributed by atoms with E-state index in [4.69, 9.17) is 5.73 Å². The number of imidazole rings is 1. The molecule has 2 aromatic rings. The molecule has 1 aliphatic carbocycles. The van der Waals surface area contributed by atoms with Crippen LogP contribution in [0.3, 0.4) is 0 Å². The summed E-state index contributed by atoms with van der Waals surface area (Å²) in [7, 11) is 1.78. The second-order valence-electron chi connectivity index (χ2n) is 5.50. The van der Waals surface area contributed by atoms with Gasteiger partial charge >= 0.3 is 5.69 Å². The van der Waals surface area contributed by atoms with Crippen molar-refractivity contribution in [3.63, 3.8) is 0 Å². The van der Waals surface area contributed by atoms with Gasteiger partial charge in [-0.05, 0) is 31.4 Å². The van der Waals surface area contributed by atoms with Gasteiger partial charge < -0.3 is 10.3 Å². The van der Waals surface area contributed by atoms with Crippen molar-refractivity contribution in [2.24, 2.45) is 12.8 Å². The van der Waals surface area contributed by atoms with Crippen LogP contribution in [0.5, 0.6) is 0 Å². The van der Waals surface area contributed by atoms with Crippen molar-refractivity contribution in [1.29, 1.82) is 0 Å². The Morgan fingerprint density at radius 1 is 1.32 bits per heavy atom. The van der Waals surface area contributed by atoms with Crippen LogP contribution < -0.4 is 11.4 Å². The van der Waals surface area contributed by atoms with Crippen molar-refractivity contribution in [2.75, 3.05) is 6.54 Å². The molecule has 0 spiro atoms. The molecular formula is C15H19N3O. The zero-order valence-corrected chi connectivity index (χ0v) is 11.4. The molecule has 3 rings (SSSR count). The van der Waals surface area contributed by atoms with Crippen LogP contribution in [0.2, 0.25) is 0 Å². The van der Waals surface area contributed by atoms with E-state index in [1.54, 1.807) is 16.2 Å². The van der Waals surface area contributed by atoms with Crippen LogP contribution in [-0.4, -0.2) is 15.7 Å². The number of aryl methyl sites for hydroxylation is 2. The Bertz CT molecular complexity index is 677. The van der Waals surface area contributed by atoms with Crippen molar-refractivity contribution < 1.29 is 0 Å². The summed E-state index contributed by atoms with van der Waals surface area (Å²) >= 11 is 0. The summed E-state index contributed by atoms with van der Waals surface area (Å²) in [5.41, 5.74) is 9.15. The smallest absolute Gasteiger partial charge is 0.330 e. The Labute approximate surface area is 112 Å². The van der Waals surface area contributed by atoms with Crippen LogP contribution >= 0.6 is 0 Å². The summed E-state index contributed by atoms with van der Waals surface area (Å²) in [6, 6.07) is 8.12. The van der Waals surface area contributed by atoms with Gasteiger partial charge in [-0.1, -0.05) is 18.2 Å². The summed E-state index contributed by atoms with van der Waals surface area (Å²) in [5.74, 6) is 0. The highest BCUT2D eigenvalue weighted by atomic mass is 16.1. The van der Waals surface area contributed by atoms with Crippen LogP contribution in [0.15, 0.2) is 35.3 Å². The van der Waals surface area contributed by atoms with E-state index in [1.165, 1.54) is 5.56 Å². The first-order valence-corrected chi connectivity index (χ1v) is 6.64. The molecule has 0 unspecified atom stereocenters. The van der Waals surface area contributed by atoms with Gasteiger partial charge in [-0.15, -0.1) is 0 Å². The summed E-state index contributed by atoms with van der Waals surface area (Å²) in [6.07, 6.45) is 4.09. The highest BCUT2D eigenvalue weighted by Gasteiger charge is 2.44. The van der Waals surface area contributed by atoms with E-state index in [-0.39, 0.29) is 11.1 Å². The molecule has 1 aromatic carbocycles. The third-order valence-electron chi connectivity index (χ3n) is 4.19. The van der Waals surface area contributed by atoms with Crippen molar-refractivity contribution in [3.8, 4) is 5.69 Å². The fourth-order valence-electron chi connectivity index (χ4n) is 2.85. The summed E-state index contributed by atoms with van der Waals surface area (Å²) in [4.78, 5) is 12.3. The predicted molar refractivity (Wildman–Crippen MR) is 75.7 cm³/mol. The van der Waals surface area contributed by atoms with Gasteiger partial charge in [0.2, 0.25) is 0 Å². The zero-order chi connectivity index (χ0) is 13.6. The standard InChI is InChI=1S/C15H19N3O/c1-11-9-17(2)14(19)18(11)13-6-4-3-5-12(13)15(10-16)7-8-15/h3-6,9H,7-8,10,16H2,1-2H3. The number of hydrogen-bond donors (Lipinski definition) is 1. The maximum Gasteiger partial charge on any atom is 0.332 e. The van der Waals surface area contributed by atoms with Crippen LogP contribution in [0.25, 0.3) is 5.69 Å². The Balaban J connectivity index is 2.24. The van der Waals surface area contributed by atoms with E-state index < -0.39 is 0 Å². The van der Waals surface area contributed by atoms with E-state index in [0.717, 1.165) is 24.2 Å². The number of nitrogens with zero attached hydrogens (tertiary/aromatic N) is 2. The molecule has 0 aliphatic heterocycles. The summed E-state index contributed by atoms with van der Waals surface area (Å²) in [5, 5.41) is 0. The first-order chi connectivity index (χ1) is 9.09. The SMILES string of the molecule is Cc1cn(C)c(=O)n1-c1ccccc1C1(CN)CC1. The average molecular weight is 257 g/mol. The number of benzene rings is 1. The maximum atomic E-state index is 12.3. The first-order valence-electron chi connectivity index (χ1n) is 6.64. The lowest BCUT2D eigenvalue weighted by molar-refractivity contribution is 0.692. The molecule has 4 heteroatoms. The lowest BCUT2D eigenvalue weighted by Gasteiger charge is -2.18. The van der Waals surface area contributed by atoms with Gasteiger partial charge in [-0.2, -0.15) is 0 Å². The number of hydrogen-bond acceptors (Lipinski definition) is 2. The van der Waals surface area contributed by atoms with Gasteiger partial charge in [0.05, 0.1) is 5.69 Å². The second-order valence-corrected chi connectivity index (χ2v) is 5.50. The van der Waals surface area contributed by atoms with Gasteiger partial charge in [-0.3, -0.25) is 4.57 Å². The van der Waals surface area contributed by atoms with Crippen LogP contribution in [0.4, 0.5) is 0 Å². The largest absolute Gasteiger partial charge is 0.332 e. The molecule has 1 fully saturated rings. The summed E-state index contributed by atoms with van der Waals surface area (Å²) < 4.78 is 3.40. The molecule has 0 radical (unpaired) electrons. The van der Waals surface area contributed by atoms with E-state index in [0.29, 0.717) is 6.54 Å². The number of aromatic nitrogens is 2. The third kappa shape index (κ3) is 1.75. The Morgan fingerprint density at radius 3 is 2.53 bits per heavy atom. The van der Waals surface area contributed by atoms with Gasteiger partial charge in [0, 0.05) is 30.9 Å². The minimum Gasteiger partial charge on any atom is -0.330 e. The molecule has 0 saturated heterocycles. The number of rotatable bonds is 3. The first kappa shape index (κ1) is 12.2. The van der Waals surface area contributed by atoms with Crippen LogP contribution in [-0.2, 0) is 12.5 Å². The molecule has 2 N–H and O–H groups in total. The van der Waals surface area contributed by atoms with Gasteiger partial charge in [0.25, 0.3) is 0 Å². The third-order valence-corrected chi connectivity index (χ3v) is 4.19. The molecule has 1 aliphatic rings. The van der Waals surface area contributed by atoms with Crippen molar-refractivity contribution in [2.45, 2.75) is 25.2 Å². The molecular weight excluding hydrogens is 238 g/mol. The van der Waals surface area contributed by atoms with Gasteiger partial charge in [-0.25, -0.2) is 4.79 Å². The minimum atomic E-state index is -0.00206. The molecule has 0 atom stereocenters. The maximum absolute atomic E-state index is 12.3. The second kappa shape index (κ2) is 4.10. The topological polar surface area (TPSA) is 53.0 Å². The van der Waals surface area contributed by atoms with Crippen LogP contribution in [0, 0.1) is 6.92 Å². The Kier molecular flexibility index (Phi) is 2.64. The lowest BCUT2D eigenvalue weighted by atomic mass is 9.94. The molecule has 0 bridgehead atoms. The molecule has 1 heterocycles. The molecule has 0 amide bonds. The van der Waals surface area contributed by atoms with Crippen molar-refractivity contribution >= 4 is 0 Å². The van der Waals surface area contributed by atoms with Crippen molar-refractivity contribution in [3.05, 3.63) is 52.2 Å². The lowest BCUT2D eigenvalue weighted by Crippen LogP contribution is -2.26. The number of nitrogens with two attached hydrogens (primary N) is 1. The fraction of sp³-hybridized carbons (Fsp3) is 0.400. The monoisotopic (exact) mass is 257 g/mol. The summed E-state index contributed by atoms with van der Waals surface area (Å²) in [6.45, 7) is 2.60. The molecule has 100 valence electrons. The van der Waals surface area contributed by atoms with E-state index in [2.05, 4.69) is 6.07 Å². The fourth-order valence-corrected chi connectivity index (χ4v) is 2.85. The molecule has 4 nitrogen and oxygen atoms in total. The minimum absolute atomic E-state index is 0.00206. The van der Waals surface area contributed by atoms with E-state index >= 15 is 0 Å². The normalized spacial score (nSPS) is 16.6. The Morgan fingerprint density at radius 2 is 2.00 bits per heavy atom. The van der Waals surface area contributed by atoms with Gasteiger partial charge in [0.15, 0.2) is 0 Å². The van der Waals surface area contributed by atoms with E-state index in [9.17, 15) is 4.79 Å². The molecule has 1 aromatic heterocycles. The van der Waals surface area contributed by atoms with E-state index in [1.807, 2.05) is 31.3 Å². The molecule has 19 heavy (non-hydrogen) atoms. The highest BCUT2D eigenvalue weighted by molar-refractivity contribution is 5.49. The highest BCUT2D eigenvalue weighted by Crippen LogP contribution is 2.49. The quantitative estimate of drug-likeness (QED) is 0.905. The number of para-hydroxylation sites is 1.